The van der Waals surface area contributed by atoms with Gasteiger partial charge >= 0.3 is 0 Å². The lowest BCUT2D eigenvalue weighted by atomic mass is 9.94. The second-order valence-corrected chi connectivity index (χ2v) is 10.6. The lowest BCUT2D eigenvalue weighted by molar-refractivity contribution is -0.143. The summed E-state index contributed by atoms with van der Waals surface area (Å²) in [4.78, 5) is 29.3. The molecule has 1 atom stereocenters. The molecule has 1 aliphatic rings. The number of ether oxygens (including phenoxy) is 2. The van der Waals surface area contributed by atoms with Crippen molar-refractivity contribution < 1.29 is 19.1 Å². The smallest absolute Gasteiger partial charge is 0.261 e. The summed E-state index contributed by atoms with van der Waals surface area (Å²) in [5, 5.41) is 3.26. The maximum absolute atomic E-state index is 13.8. The summed E-state index contributed by atoms with van der Waals surface area (Å²) in [7, 11) is 1.56. The van der Waals surface area contributed by atoms with Gasteiger partial charge in [0.1, 0.15) is 6.04 Å². The van der Waals surface area contributed by atoms with Gasteiger partial charge < -0.3 is 19.7 Å². The molecule has 0 unspecified atom stereocenters. The largest absolute Gasteiger partial charge is 0.493 e. The summed E-state index contributed by atoms with van der Waals surface area (Å²) in [5.74, 6) is 0.649. The van der Waals surface area contributed by atoms with E-state index in [1.807, 2.05) is 66.7 Å². The SMILES string of the molecule is COc1ccccc1OCC(=O)N(Cc1ccc(Br)cc1)[C@@H](Cc1ccccc1)C(=O)NC1CCCCC1. The van der Waals surface area contributed by atoms with E-state index < -0.39 is 6.04 Å². The van der Waals surface area contributed by atoms with Crippen molar-refractivity contribution in [1.29, 1.82) is 0 Å². The molecule has 0 saturated heterocycles. The lowest BCUT2D eigenvalue weighted by Crippen LogP contribution is -2.53. The third-order valence-electron chi connectivity index (χ3n) is 6.91. The molecule has 6 nitrogen and oxygen atoms in total. The summed E-state index contributed by atoms with van der Waals surface area (Å²) >= 11 is 3.48. The number of halogens is 1. The van der Waals surface area contributed by atoms with E-state index in [0.29, 0.717) is 17.9 Å². The van der Waals surface area contributed by atoms with E-state index in [2.05, 4.69) is 21.2 Å². The molecule has 1 saturated carbocycles. The van der Waals surface area contributed by atoms with Gasteiger partial charge in [-0.3, -0.25) is 9.59 Å². The van der Waals surface area contributed by atoms with E-state index in [1.165, 1.54) is 6.42 Å². The van der Waals surface area contributed by atoms with Crippen LogP contribution in [-0.2, 0) is 22.6 Å². The minimum absolute atomic E-state index is 0.122. The van der Waals surface area contributed by atoms with E-state index in [1.54, 1.807) is 24.1 Å². The van der Waals surface area contributed by atoms with Crippen molar-refractivity contribution in [2.45, 2.75) is 57.2 Å². The van der Waals surface area contributed by atoms with Gasteiger partial charge in [-0.2, -0.15) is 0 Å². The Kier molecular flexibility index (Phi) is 10.2. The van der Waals surface area contributed by atoms with Gasteiger partial charge in [-0.15, -0.1) is 0 Å². The van der Waals surface area contributed by atoms with Gasteiger partial charge in [0, 0.05) is 23.5 Å². The summed E-state index contributed by atoms with van der Waals surface area (Å²) in [5.41, 5.74) is 1.93. The molecule has 1 N–H and O–H groups in total. The molecule has 200 valence electrons. The Morgan fingerprint density at radius 3 is 2.24 bits per heavy atom. The first-order chi connectivity index (χ1) is 18.5. The molecule has 7 heteroatoms. The molecule has 0 bridgehead atoms. The fourth-order valence-electron chi connectivity index (χ4n) is 4.85. The second-order valence-electron chi connectivity index (χ2n) is 9.64. The highest BCUT2D eigenvalue weighted by Crippen LogP contribution is 2.26. The van der Waals surface area contributed by atoms with E-state index in [4.69, 9.17) is 9.47 Å². The van der Waals surface area contributed by atoms with E-state index in [-0.39, 0.29) is 31.0 Å². The number of benzene rings is 3. The Bertz CT molecular complexity index is 1180. The highest BCUT2D eigenvalue weighted by atomic mass is 79.9. The van der Waals surface area contributed by atoms with Crippen LogP contribution >= 0.6 is 15.9 Å². The molecule has 3 aromatic carbocycles. The first-order valence-electron chi connectivity index (χ1n) is 13.2. The van der Waals surface area contributed by atoms with Crippen LogP contribution in [0.15, 0.2) is 83.3 Å². The minimum Gasteiger partial charge on any atom is -0.493 e. The molecule has 3 aromatic rings. The predicted octanol–water partition coefficient (Wildman–Crippen LogP) is 5.93. The second kappa shape index (κ2) is 14.0. The molecule has 2 amide bonds. The van der Waals surface area contributed by atoms with Crippen molar-refractivity contribution in [3.8, 4) is 11.5 Å². The number of para-hydroxylation sites is 2. The van der Waals surface area contributed by atoms with Crippen LogP contribution in [0, 0.1) is 0 Å². The number of nitrogens with zero attached hydrogens (tertiary/aromatic N) is 1. The maximum Gasteiger partial charge on any atom is 0.261 e. The normalized spacial score (nSPS) is 14.4. The third kappa shape index (κ3) is 7.84. The molecule has 0 radical (unpaired) electrons. The first kappa shape index (κ1) is 27.7. The Hall–Kier alpha value is -3.32. The number of hydrogen-bond acceptors (Lipinski definition) is 4. The molecule has 4 rings (SSSR count). The number of carbonyl (C=O) groups excluding carboxylic acids is 2. The Balaban J connectivity index is 1.61. The van der Waals surface area contributed by atoms with Crippen LogP contribution in [0.1, 0.15) is 43.2 Å². The number of nitrogens with one attached hydrogen (secondary N) is 1. The van der Waals surface area contributed by atoms with E-state index >= 15 is 0 Å². The van der Waals surface area contributed by atoms with Crippen molar-refractivity contribution in [3.05, 3.63) is 94.5 Å². The molecule has 0 aromatic heterocycles. The highest BCUT2D eigenvalue weighted by Gasteiger charge is 2.32. The van der Waals surface area contributed by atoms with E-state index in [9.17, 15) is 9.59 Å². The number of rotatable bonds is 11. The van der Waals surface area contributed by atoms with Gasteiger partial charge in [0.15, 0.2) is 18.1 Å². The Morgan fingerprint density at radius 2 is 1.55 bits per heavy atom. The highest BCUT2D eigenvalue weighted by molar-refractivity contribution is 9.10. The van der Waals surface area contributed by atoms with Crippen LogP contribution in [0.5, 0.6) is 11.5 Å². The lowest BCUT2D eigenvalue weighted by Gasteiger charge is -2.33. The molecule has 1 aliphatic carbocycles. The third-order valence-corrected chi connectivity index (χ3v) is 7.44. The van der Waals surface area contributed by atoms with Crippen molar-refractivity contribution in [2.24, 2.45) is 0 Å². The van der Waals surface area contributed by atoms with Gasteiger partial charge in [-0.1, -0.05) is 89.8 Å². The van der Waals surface area contributed by atoms with Gasteiger partial charge in [-0.05, 0) is 48.2 Å². The van der Waals surface area contributed by atoms with Crippen molar-refractivity contribution >= 4 is 27.7 Å². The standard InChI is InChI=1S/C31H35BrN2O4/c1-37-28-14-8-9-15-29(28)38-22-30(35)34(21-24-16-18-25(32)19-17-24)27(20-23-10-4-2-5-11-23)31(36)33-26-12-6-3-7-13-26/h2,4-5,8-11,14-19,26-27H,3,6-7,12-13,20-22H2,1H3,(H,33,36)/t27-/m0/s1. The zero-order chi connectivity index (χ0) is 26.7. The van der Waals surface area contributed by atoms with Crippen LogP contribution < -0.4 is 14.8 Å². The van der Waals surface area contributed by atoms with Crippen molar-refractivity contribution in [1.82, 2.24) is 10.2 Å². The molecular formula is C31H35BrN2O4. The molecule has 38 heavy (non-hydrogen) atoms. The number of amides is 2. The maximum atomic E-state index is 13.8. The molecular weight excluding hydrogens is 544 g/mol. The average Bonchev–Trinajstić information content (AvgIpc) is 2.95. The fourth-order valence-corrected chi connectivity index (χ4v) is 5.11. The zero-order valence-corrected chi connectivity index (χ0v) is 23.4. The fraction of sp³-hybridized carbons (Fsp3) is 0.355. The van der Waals surface area contributed by atoms with Gasteiger partial charge in [0.2, 0.25) is 5.91 Å². The quantitative estimate of drug-likeness (QED) is 0.306. The zero-order valence-electron chi connectivity index (χ0n) is 21.8. The van der Waals surface area contributed by atoms with Crippen molar-refractivity contribution in [2.75, 3.05) is 13.7 Å². The average molecular weight is 580 g/mol. The first-order valence-corrected chi connectivity index (χ1v) is 14.0. The van der Waals surface area contributed by atoms with Crippen LogP contribution in [0.2, 0.25) is 0 Å². The Morgan fingerprint density at radius 1 is 0.895 bits per heavy atom. The summed E-state index contributed by atoms with van der Waals surface area (Å²) in [6.45, 7) is 0.0793. The number of hydrogen-bond donors (Lipinski definition) is 1. The molecule has 0 spiro atoms. The summed E-state index contributed by atoms with van der Waals surface area (Å²) < 4.78 is 12.2. The van der Waals surface area contributed by atoms with Crippen LogP contribution in [-0.4, -0.2) is 42.5 Å². The van der Waals surface area contributed by atoms with Gasteiger partial charge in [-0.25, -0.2) is 0 Å². The van der Waals surface area contributed by atoms with Gasteiger partial charge in [0.25, 0.3) is 5.91 Å². The van der Waals surface area contributed by atoms with Crippen LogP contribution in [0.4, 0.5) is 0 Å². The minimum atomic E-state index is -0.684. The van der Waals surface area contributed by atoms with Crippen molar-refractivity contribution in [3.63, 3.8) is 0 Å². The molecule has 0 heterocycles. The number of carbonyl (C=O) groups is 2. The molecule has 1 fully saturated rings. The van der Waals surface area contributed by atoms with Crippen LogP contribution in [0.3, 0.4) is 0 Å². The topological polar surface area (TPSA) is 67.9 Å². The van der Waals surface area contributed by atoms with Crippen LogP contribution in [0.25, 0.3) is 0 Å². The predicted molar refractivity (Wildman–Crippen MR) is 152 cm³/mol. The monoisotopic (exact) mass is 578 g/mol. The summed E-state index contributed by atoms with van der Waals surface area (Å²) in [6.07, 6.45) is 5.79. The van der Waals surface area contributed by atoms with E-state index in [0.717, 1.165) is 41.3 Å². The Labute approximate surface area is 233 Å². The van der Waals surface area contributed by atoms with Gasteiger partial charge in [0.05, 0.1) is 7.11 Å². The molecule has 0 aliphatic heterocycles. The summed E-state index contributed by atoms with van der Waals surface area (Å²) in [6, 6.07) is 24.3. The number of methoxy groups -OCH3 is 1.